The fraction of sp³-hybridized carbons (Fsp3) is 0.425. The highest BCUT2D eigenvalue weighted by Gasteiger charge is 2.29. The lowest BCUT2D eigenvalue weighted by Crippen LogP contribution is -2.20. The molecule has 1 saturated carbocycles. The summed E-state index contributed by atoms with van der Waals surface area (Å²) in [5.41, 5.74) is 7.67. The molecule has 0 atom stereocenters. The Bertz CT molecular complexity index is 1840. The molecule has 4 aromatic carbocycles. The van der Waals surface area contributed by atoms with E-state index in [1.54, 1.807) is 0 Å². The molecule has 1 nitrogen and oxygen atoms in total. The molecule has 42 heavy (non-hydrogen) atoms. The summed E-state index contributed by atoms with van der Waals surface area (Å²) >= 11 is 1.98. The van der Waals surface area contributed by atoms with E-state index < -0.39 is 0 Å². The normalized spacial score (nSPS) is 17.0. The minimum absolute atomic E-state index is 0.262. The molecule has 0 saturated heterocycles. The summed E-state index contributed by atoms with van der Waals surface area (Å²) in [6.07, 6.45) is 9.45. The first kappa shape index (κ1) is 28.0. The van der Waals surface area contributed by atoms with Gasteiger partial charge in [-0.3, -0.25) is 4.98 Å². The summed E-state index contributed by atoms with van der Waals surface area (Å²) in [6, 6.07) is 21.7. The van der Waals surface area contributed by atoms with Crippen molar-refractivity contribution in [3.8, 4) is 11.3 Å². The molecule has 0 amide bonds. The van der Waals surface area contributed by atoms with Gasteiger partial charge in [0.25, 0.3) is 0 Å². The topological polar surface area (TPSA) is 12.9 Å². The van der Waals surface area contributed by atoms with Crippen LogP contribution in [0.3, 0.4) is 0 Å². The van der Waals surface area contributed by atoms with Crippen LogP contribution in [-0.2, 0) is 12.8 Å². The lowest BCUT2D eigenvalue weighted by molar-refractivity contribution is 0.224. The number of benzene rings is 4. The van der Waals surface area contributed by atoms with Crippen LogP contribution < -0.4 is 0 Å². The molecular weight excluding hydrogens is 527 g/mol. The molecule has 2 aliphatic rings. The monoisotopic (exact) mass is 571 g/mol. The van der Waals surface area contributed by atoms with Crippen LogP contribution in [0.5, 0.6) is 0 Å². The number of hydrogen-bond donors (Lipinski definition) is 0. The van der Waals surface area contributed by atoms with E-state index in [2.05, 4.69) is 109 Å². The van der Waals surface area contributed by atoms with E-state index in [1.165, 1.54) is 90.0 Å². The highest BCUT2D eigenvalue weighted by atomic mass is 32.2. The van der Waals surface area contributed by atoms with Crippen molar-refractivity contribution in [3.63, 3.8) is 0 Å². The smallest absolute Gasteiger partial charge is 0.0803 e. The van der Waals surface area contributed by atoms with Gasteiger partial charge < -0.3 is 0 Å². The van der Waals surface area contributed by atoms with Crippen LogP contribution in [0.25, 0.3) is 43.6 Å². The van der Waals surface area contributed by atoms with Crippen molar-refractivity contribution >= 4 is 44.1 Å². The van der Waals surface area contributed by atoms with Crippen molar-refractivity contribution in [3.05, 3.63) is 77.5 Å². The standard InChI is InChI=1S/C40H45NS/c1-24(2)18-33-30-11-8-25(23-39(3,4)5)19-29(30)21-34-37-36-31(14-17-41-37)32-20-27(26-12-15-40(6,7)16-13-26)9-10-28(32)22-35(36)42-38(33)34/h8-11,14,17,19-22,24,26H,12-13,15-16,18,23H2,1-7H3. The van der Waals surface area contributed by atoms with E-state index in [0.29, 0.717) is 17.3 Å². The maximum atomic E-state index is 5.11. The number of fused-ring (bicyclic) bond motifs is 5. The largest absolute Gasteiger partial charge is 0.256 e. The molecule has 0 radical (unpaired) electrons. The molecule has 0 unspecified atom stereocenters. The molecule has 5 aromatic rings. The Hall–Kier alpha value is -2.84. The third kappa shape index (κ3) is 5.04. The molecule has 2 heterocycles. The average molecular weight is 572 g/mol. The van der Waals surface area contributed by atoms with Gasteiger partial charge in [-0.2, -0.15) is 0 Å². The van der Waals surface area contributed by atoms with Gasteiger partial charge in [0, 0.05) is 26.9 Å². The Morgan fingerprint density at radius 3 is 2.40 bits per heavy atom. The zero-order chi connectivity index (χ0) is 29.4. The summed E-state index contributed by atoms with van der Waals surface area (Å²) in [5, 5.41) is 8.20. The van der Waals surface area contributed by atoms with Crippen molar-refractivity contribution in [1.82, 2.24) is 4.98 Å². The van der Waals surface area contributed by atoms with E-state index in [-0.39, 0.29) is 5.41 Å². The first-order valence-corrected chi connectivity index (χ1v) is 16.9. The third-order valence-electron chi connectivity index (χ3n) is 9.74. The summed E-state index contributed by atoms with van der Waals surface area (Å²) < 4.78 is 0. The van der Waals surface area contributed by atoms with Crippen molar-refractivity contribution in [2.24, 2.45) is 16.7 Å². The van der Waals surface area contributed by atoms with Gasteiger partial charge in [0.05, 0.1) is 5.69 Å². The first-order valence-electron chi connectivity index (χ1n) is 16.1. The van der Waals surface area contributed by atoms with Gasteiger partial charge in [-0.25, -0.2) is 0 Å². The summed E-state index contributed by atoms with van der Waals surface area (Å²) in [5.74, 6) is 1.26. The fourth-order valence-electron chi connectivity index (χ4n) is 7.60. The highest BCUT2D eigenvalue weighted by molar-refractivity contribution is 8.00. The van der Waals surface area contributed by atoms with Crippen LogP contribution >= 0.6 is 11.8 Å². The molecule has 1 fully saturated rings. The summed E-state index contributed by atoms with van der Waals surface area (Å²) in [6.45, 7) is 16.5. The Morgan fingerprint density at radius 1 is 0.881 bits per heavy atom. The molecule has 0 bridgehead atoms. The second kappa shape index (κ2) is 10.1. The Labute approximate surface area is 256 Å². The Morgan fingerprint density at radius 2 is 1.67 bits per heavy atom. The zero-order valence-electron chi connectivity index (χ0n) is 26.5. The average Bonchev–Trinajstić information content (AvgIpc) is 2.92. The van der Waals surface area contributed by atoms with Crippen molar-refractivity contribution in [1.29, 1.82) is 0 Å². The summed E-state index contributed by atoms with van der Waals surface area (Å²) in [4.78, 5) is 7.88. The van der Waals surface area contributed by atoms with Crippen LogP contribution in [0.1, 0.15) is 96.8 Å². The predicted molar refractivity (Wildman–Crippen MR) is 183 cm³/mol. The SMILES string of the molecule is CC(C)Cc1c2c(cc3cc(CC(C)(C)C)ccc13)-c1nccc3c1c(cc1ccc(C4CCC(C)(C)CC4)cc13)S2. The number of pyridine rings is 1. The molecule has 7 rings (SSSR count). The highest BCUT2D eigenvalue weighted by Crippen LogP contribution is 2.52. The number of aromatic nitrogens is 1. The number of rotatable bonds is 4. The molecule has 0 spiro atoms. The summed E-state index contributed by atoms with van der Waals surface area (Å²) in [7, 11) is 0. The van der Waals surface area contributed by atoms with E-state index in [0.717, 1.165) is 18.5 Å². The van der Waals surface area contributed by atoms with Gasteiger partial charge >= 0.3 is 0 Å². The van der Waals surface area contributed by atoms with Gasteiger partial charge in [-0.1, -0.05) is 96.6 Å². The number of hydrogen-bond acceptors (Lipinski definition) is 2. The van der Waals surface area contributed by atoms with Crippen LogP contribution in [0.2, 0.25) is 0 Å². The van der Waals surface area contributed by atoms with Crippen molar-refractivity contribution in [2.75, 3.05) is 0 Å². The van der Waals surface area contributed by atoms with Crippen LogP contribution in [0.15, 0.2) is 70.6 Å². The quantitative estimate of drug-likeness (QED) is 0.195. The second-order valence-corrected chi connectivity index (χ2v) is 16.7. The lowest BCUT2D eigenvalue weighted by atomic mass is 9.71. The van der Waals surface area contributed by atoms with Gasteiger partial charge in [-0.15, -0.1) is 0 Å². The molecule has 2 heteroatoms. The lowest BCUT2D eigenvalue weighted by Gasteiger charge is -2.34. The van der Waals surface area contributed by atoms with Crippen molar-refractivity contribution in [2.45, 2.75) is 103 Å². The van der Waals surface area contributed by atoms with Crippen LogP contribution in [0, 0.1) is 16.7 Å². The Kier molecular flexibility index (Phi) is 6.74. The zero-order valence-corrected chi connectivity index (χ0v) is 27.3. The minimum Gasteiger partial charge on any atom is -0.256 e. The molecular formula is C40H45NS. The fourth-order valence-corrected chi connectivity index (χ4v) is 8.90. The van der Waals surface area contributed by atoms with Gasteiger partial charge in [0.1, 0.15) is 0 Å². The maximum Gasteiger partial charge on any atom is 0.0803 e. The van der Waals surface area contributed by atoms with Gasteiger partial charge in [0.15, 0.2) is 0 Å². The van der Waals surface area contributed by atoms with E-state index in [4.69, 9.17) is 4.98 Å². The minimum atomic E-state index is 0.262. The molecule has 0 N–H and O–H groups in total. The number of nitrogens with zero attached hydrogens (tertiary/aromatic N) is 1. The van der Waals surface area contributed by atoms with Gasteiger partial charge in [0.2, 0.25) is 0 Å². The predicted octanol–water partition coefficient (Wildman–Crippen LogP) is 12.1. The van der Waals surface area contributed by atoms with Crippen molar-refractivity contribution < 1.29 is 0 Å². The van der Waals surface area contributed by atoms with Crippen LogP contribution in [0.4, 0.5) is 0 Å². The molecule has 1 aliphatic carbocycles. The third-order valence-corrected chi connectivity index (χ3v) is 10.9. The van der Waals surface area contributed by atoms with E-state index in [1.807, 2.05) is 11.8 Å². The second-order valence-electron chi connectivity index (χ2n) is 15.6. The van der Waals surface area contributed by atoms with Crippen LogP contribution in [-0.4, -0.2) is 4.98 Å². The van der Waals surface area contributed by atoms with E-state index >= 15 is 0 Å². The Balaban J connectivity index is 1.42. The molecule has 216 valence electrons. The molecule has 1 aliphatic heterocycles. The van der Waals surface area contributed by atoms with E-state index in [9.17, 15) is 0 Å². The van der Waals surface area contributed by atoms with Gasteiger partial charge in [-0.05, 0) is 123 Å². The first-order chi connectivity index (χ1) is 20.0. The molecule has 1 aromatic heterocycles. The maximum absolute atomic E-state index is 5.11.